The fraction of sp³-hybridized carbons (Fsp3) is 0.650. The molecule has 0 bridgehead atoms. The van der Waals surface area contributed by atoms with E-state index in [9.17, 15) is 4.79 Å². The SMILES string of the molecule is CCOc1ccc(C(=O)N2CCCC[C@H]2CCN2CCOCC2)cc1. The largest absolute Gasteiger partial charge is 0.494 e. The van der Waals surface area contributed by atoms with Gasteiger partial charge in [0.15, 0.2) is 0 Å². The molecule has 2 aliphatic rings. The van der Waals surface area contributed by atoms with Gasteiger partial charge in [-0.2, -0.15) is 0 Å². The summed E-state index contributed by atoms with van der Waals surface area (Å²) in [5.74, 6) is 0.983. The highest BCUT2D eigenvalue weighted by atomic mass is 16.5. The van der Waals surface area contributed by atoms with Crippen LogP contribution in [0.3, 0.4) is 0 Å². The van der Waals surface area contributed by atoms with E-state index in [2.05, 4.69) is 9.80 Å². The van der Waals surface area contributed by atoms with Crippen LogP contribution in [0.25, 0.3) is 0 Å². The molecule has 0 aromatic heterocycles. The summed E-state index contributed by atoms with van der Waals surface area (Å²) in [4.78, 5) is 17.5. The second-order valence-electron chi connectivity index (χ2n) is 6.85. The highest BCUT2D eigenvalue weighted by molar-refractivity contribution is 5.94. The predicted octanol–water partition coefficient (Wildman–Crippen LogP) is 2.80. The molecule has 3 rings (SSSR count). The number of carbonyl (C=O) groups is 1. The molecule has 5 heteroatoms. The average molecular weight is 346 g/mol. The predicted molar refractivity (Wildman–Crippen MR) is 98.2 cm³/mol. The Morgan fingerprint density at radius 1 is 1.16 bits per heavy atom. The summed E-state index contributed by atoms with van der Waals surface area (Å²) in [5, 5.41) is 0. The zero-order chi connectivity index (χ0) is 17.5. The summed E-state index contributed by atoms with van der Waals surface area (Å²) < 4.78 is 10.9. The van der Waals surface area contributed by atoms with Gasteiger partial charge < -0.3 is 14.4 Å². The fourth-order valence-corrected chi connectivity index (χ4v) is 3.75. The van der Waals surface area contributed by atoms with Crippen molar-refractivity contribution in [3.63, 3.8) is 0 Å². The zero-order valence-electron chi connectivity index (χ0n) is 15.3. The van der Waals surface area contributed by atoms with E-state index in [1.54, 1.807) is 0 Å². The number of amides is 1. The smallest absolute Gasteiger partial charge is 0.254 e. The highest BCUT2D eigenvalue weighted by Gasteiger charge is 2.28. The second-order valence-corrected chi connectivity index (χ2v) is 6.85. The maximum absolute atomic E-state index is 13.0. The minimum absolute atomic E-state index is 0.162. The lowest BCUT2D eigenvalue weighted by molar-refractivity contribution is 0.0295. The van der Waals surface area contributed by atoms with Crippen molar-refractivity contribution in [2.75, 3.05) is 46.0 Å². The monoisotopic (exact) mass is 346 g/mol. The number of nitrogens with zero attached hydrogens (tertiary/aromatic N) is 2. The number of carbonyl (C=O) groups excluding carboxylic acids is 1. The normalized spacial score (nSPS) is 22.0. The summed E-state index contributed by atoms with van der Waals surface area (Å²) >= 11 is 0. The molecule has 0 N–H and O–H groups in total. The van der Waals surface area contributed by atoms with Crippen molar-refractivity contribution < 1.29 is 14.3 Å². The van der Waals surface area contributed by atoms with Gasteiger partial charge in [0, 0.05) is 37.8 Å². The Balaban J connectivity index is 1.59. The van der Waals surface area contributed by atoms with Crippen LogP contribution in [0.5, 0.6) is 5.75 Å². The quantitative estimate of drug-likeness (QED) is 0.794. The van der Waals surface area contributed by atoms with Crippen LogP contribution in [0.15, 0.2) is 24.3 Å². The van der Waals surface area contributed by atoms with Crippen molar-refractivity contribution >= 4 is 5.91 Å². The van der Waals surface area contributed by atoms with E-state index in [1.165, 1.54) is 6.42 Å². The number of hydrogen-bond donors (Lipinski definition) is 0. The van der Waals surface area contributed by atoms with Crippen LogP contribution in [0.4, 0.5) is 0 Å². The van der Waals surface area contributed by atoms with Crippen molar-refractivity contribution in [2.45, 2.75) is 38.6 Å². The van der Waals surface area contributed by atoms with Crippen molar-refractivity contribution in [3.05, 3.63) is 29.8 Å². The fourth-order valence-electron chi connectivity index (χ4n) is 3.75. The Bertz CT molecular complexity index is 540. The third kappa shape index (κ3) is 4.95. The number of hydrogen-bond acceptors (Lipinski definition) is 4. The molecule has 138 valence electrons. The van der Waals surface area contributed by atoms with Crippen LogP contribution in [0.1, 0.15) is 43.0 Å². The summed E-state index contributed by atoms with van der Waals surface area (Å²) in [6.45, 7) is 8.23. The number of benzene rings is 1. The van der Waals surface area contributed by atoms with Crippen LogP contribution in [-0.2, 0) is 4.74 Å². The standard InChI is InChI=1S/C20H30N2O3/c1-2-25-19-8-6-17(7-9-19)20(23)22-11-4-3-5-18(22)10-12-21-13-15-24-16-14-21/h6-9,18H,2-5,10-16H2,1H3/t18-/m0/s1. The van der Waals surface area contributed by atoms with Crippen molar-refractivity contribution in [1.29, 1.82) is 0 Å². The van der Waals surface area contributed by atoms with Gasteiger partial charge in [-0.1, -0.05) is 0 Å². The molecule has 2 saturated heterocycles. The minimum atomic E-state index is 0.162. The first kappa shape index (κ1) is 18.2. The molecule has 1 aromatic rings. The Morgan fingerprint density at radius 2 is 1.92 bits per heavy atom. The van der Waals surface area contributed by atoms with Gasteiger partial charge in [-0.3, -0.25) is 9.69 Å². The van der Waals surface area contributed by atoms with E-state index < -0.39 is 0 Å². The lowest BCUT2D eigenvalue weighted by atomic mass is 9.97. The first-order valence-corrected chi connectivity index (χ1v) is 9.62. The first-order valence-electron chi connectivity index (χ1n) is 9.62. The van der Waals surface area contributed by atoms with Gasteiger partial charge >= 0.3 is 0 Å². The van der Waals surface area contributed by atoms with E-state index in [4.69, 9.17) is 9.47 Å². The topological polar surface area (TPSA) is 42.0 Å². The second kappa shape index (κ2) is 9.20. The molecule has 0 spiro atoms. The molecule has 0 unspecified atom stereocenters. The van der Waals surface area contributed by atoms with E-state index in [0.29, 0.717) is 12.6 Å². The number of likely N-dealkylation sites (tertiary alicyclic amines) is 1. The van der Waals surface area contributed by atoms with Gasteiger partial charge in [-0.15, -0.1) is 0 Å². The molecular formula is C20H30N2O3. The summed E-state index contributed by atoms with van der Waals surface area (Å²) in [6, 6.07) is 7.92. The van der Waals surface area contributed by atoms with Gasteiger partial charge in [0.2, 0.25) is 0 Å². The molecule has 0 radical (unpaired) electrons. The van der Waals surface area contributed by atoms with Gasteiger partial charge in [0.1, 0.15) is 5.75 Å². The number of morpholine rings is 1. The molecule has 2 fully saturated rings. The van der Waals surface area contributed by atoms with Gasteiger partial charge in [-0.25, -0.2) is 0 Å². The maximum atomic E-state index is 13.0. The van der Waals surface area contributed by atoms with Crippen LogP contribution in [0.2, 0.25) is 0 Å². The number of ether oxygens (including phenoxy) is 2. The third-order valence-electron chi connectivity index (χ3n) is 5.18. The highest BCUT2D eigenvalue weighted by Crippen LogP contribution is 2.23. The summed E-state index contributed by atoms with van der Waals surface area (Å²) in [6.07, 6.45) is 4.51. The van der Waals surface area contributed by atoms with Gasteiger partial charge in [0.05, 0.1) is 19.8 Å². The van der Waals surface area contributed by atoms with Crippen molar-refractivity contribution in [1.82, 2.24) is 9.80 Å². The molecule has 0 saturated carbocycles. The molecule has 1 amide bonds. The Labute approximate surface area is 150 Å². The van der Waals surface area contributed by atoms with Crippen molar-refractivity contribution in [3.8, 4) is 5.75 Å². The molecule has 25 heavy (non-hydrogen) atoms. The van der Waals surface area contributed by atoms with Crippen LogP contribution < -0.4 is 4.74 Å². The molecule has 2 heterocycles. The molecule has 5 nitrogen and oxygen atoms in total. The van der Waals surface area contributed by atoms with Crippen LogP contribution in [0, 0.1) is 0 Å². The van der Waals surface area contributed by atoms with Crippen LogP contribution >= 0.6 is 0 Å². The molecular weight excluding hydrogens is 316 g/mol. The molecule has 1 aromatic carbocycles. The lowest BCUT2D eigenvalue weighted by Gasteiger charge is -2.37. The number of rotatable bonds is 6. The van der Waals surface area contributed by atoms with E-state index in [1.807, 2.05) is 31.2 Å². The van der Waals surface area contributed by atoms with Gasteiger partial charge in [-0.05, 0) is 56.9 Å². The summed E-state index contributed by atoms with van der Waals surface area (Å²) in [5.41, 5.74) is 0.765. The van der Waals surface area contributed by atoms with Crippen molar-refractivity contribution in [2.24, 2.45) is 0 Å². The van der Waals surface area contributed by atoms with Crippen LogP contribution in [-0.4, -0.2) is 67.7 Å². The van der Waals surface area contributed by atoms with Gasteiger partial charge in [0.25, 0.3) is 5.91 Å². The average Bonchev–Trinajstić information content (AvgIpc) is 2.68. The summed E-state index contributed by atoms with van der Waals surface area (Å²) in [7, 11) is 0. The first-order chi connectivity index (χ1) is 12.3. The van der Waals surface area contributed by atoms with E-state index >= 15 is 0 Å². The zero-order valence-corrected chi connectivity index (χ0v) is 15.3. The Hall–Kier alpha value is -1.59. The molecule has 1 atom stereocenters. The Kier molecular flexibility index (Phi) is 6.70. The Morgan fingerprint density at radius 3 is 2.64 bits per heavy atom. The number of piperidine rings is 1. The lowest BCUT2D eigenvalue weighted by Crippen LogP contribution is -2.46. The third-order valence-corrected chi connectivity index (χ3v) is 5.18. The van der Waals surface area contributed by atoms with E-state index in [-0.39, 0.29) is 5.91 Å². The molecule has 0 aliphatic carbocycles. The maximum Gasteiger partial charge on any atom is 0.254 e. The minimum Gasteiger partial charge on any atom is -0.494 e. The van der Waals surface area contributed by atoms with E-state index in [0.717, 1.165) is 70.0 Å². The molecule has 2 aliphatic heterocycles.